The van der Waals surface area contributed by atoms with Crippen LogP contribution in [0, 0.1) is 5.92 Å². The first-order chi connectivity index (χ1) is 12.0. The topological polar surface area (TPSA) is 18.5 Å². The van der Waals surface area contributed by atoms with Gasteiger partial charge in [0, 0.05) is 0 Å². The zero-order valence-electron chi connectivity index (χ0n) is 20.5. The van der Waals surface area contributed by atoms with Crippen molar-refractivity contribution in [2.45, 2.75) is 130 Å². The maximum absolute atomic E-state index is 6.99. The molecule has 0 fully saturated rings. The molecule has 0 aromatic carbocycles. The molecule has 4 heteroatoms. The highest BCUT2D eigenvalue weighted by Crippen LogP contribution is 2.42. The summed E-state index contributed by atoms with van der Waals surface area (Å²) in [5, 5.41) is 0.462. The van der Waals surface area contributed by atoms with Crippen LogP contribution in [0.4, 0.5) is 0 Å². The van der Waals surface area contributed by atoms with E-state index in [1.54, 1.807) is 5.57 Å². The molecule has 0 aromatic rings. The first-order valence-corrected chi connectivity index (χ1v) is 16.8. The average Bonchev–Trinajstić information content (AvgIpc) is 2.42. The van der Waals surface area contributed by atoms with E-state index in [1.807, 2.05) is 0 Å². The molecule has 2 atom stereocenters. The first-order valence-electron chi connectivity index (χ1n) is 11.0. The van der Waals surface area contributed by atoms with E-state index in [-0.39, 0.29) is 22.3 Å². The Morgan fingerprint density at radius 1 is 0.815 bits per heavy atom. The van der Waals surface area contributed by atoms with E-state index in [0.29, 0.717) is 5.92 Å². The molecule has 27 heavy (non-hydrogen) atoms. The second kappa shape index (κ2) is 8.85. The molecule has 0 saturated heterocycles. The Hall–Kier alpha value is 0.0938. The molecule has 0 heterocycles. The van der Waals surface area contributed by atoms with E-state index in [1.165, 1.54) is 0 Å². The van der Waals surface area contributed by atoms with Crippen LogP contribution in [-0.2, 0) is 8.85 Å². The minimum absolute atomic E-state index is 0.225. The molecule has 0 spiro atoms. The molecule has 1 aliphatic rings. The average molecular weight is 413 g/mol. The first kappa shape index (κ1) is 25.1. The van der Waals surface area contributed by atoms with Crippen molar-refractivity contribution < 1.29 is 8.85 Å². The Morgan fingerprint density at radius 3 is 1.59 bits per heavy atom. The molecule has 160 valence electrons. The Balaban J connectivity index is 3.13. The second-order valence-electron chi connectivity index (χ2n) is 11.9. The minimum atomic E-state index is -1.83. The number of allylic oxidation sites excluding steroid dienone is 2. The normalized spacial score (nSPS) is 25.7. The smallest absolute Gasteiger partial charge is 0.192 e. The van der Waals surface area contributed by atoms with E-state index in [0.717, 1.165) is 25.7 Å². The van der Waals surface area contributed by atoms with E-state index in [9.17, 15) is 0 Å². The number of rotatable bonds is 5. The van der Waals surface area contributed by atoms with E-state index >= 15 is 0 Å². The van der Waals surface area contributed by atoms with E-state index in [2.05, 4.69) is 87.7 Å². The predicted molar refractivity (Wildman–Crippen MR) is 126 cm³/mol. The fraction of sp³-hybridized carbons (Fsp3) is 0.913. The summed E-state index contributed by atoms with van der Waals surface area (Å²) < 4.78 is 13.9. The fourth-order valence-electron chi connectivity index (χ4n) is 3.12. The Kier molecular flexibility index (Phi) is 8.24. The van der Waals surface area contributed by atoms with Gasteiger partial charge in [0.1, 0.15) is 0 Å². The van der Waals surface area contributed by atoms with Gasteiger partial charge in [-0.15, -0.1) is 0 Å². The summed E-state index contributed by atoms with van der Waals surface area (Å²) in [7, 11) is -3.65. The van der Waals surface area contributed by atoms with Crippen LogP contribution in [0.5, 0.6) is 0 Å². The lowest BCUT2D eigenvalue weighted by Crippen LogP contribution is -2.52. The maximum Gasteiger partial charge on any atom is 0.192 e. The summed E-state index contributed by atoms with van der Waals surface area (Å²) >= 11 is 0. The summed E-state index contributed by atoms with van der Waals surface area (Å²) in [5.74, 6) is 0.636. The van der Waals surface area contributed by atoms with E-state index < -0.39 is 16.6 Å². The molecule has 1 rings (SSSR count). The Bertz CT molecular complexity index is 507. The lowest BCUT2D eigenvalue weighted by molar-refractivity contribution is 0.0244. The predicted octanol–water partition coefficient (Wildman–Crippen LogP) is 7.92. The van der Waals surface area contributed by atoms with Crippen molar-refractivity contribution in [1.29, 1.82) is 0 Å². The van der Waals surface area contributed by atoms with Crippen LogP contribution in [0.1, 0.15) is 81.1 Å². The van der Waals surface area contributed by atoms with Gasteiger partial charge in [0.2, 0.25) is 0 Å². The Morgan fingerprint density at radius 2 is 1.22 bits per heavy atom. The van der Waals surface area contributed by atoms with Gasteiger partial charge >= 0.3 is 0 Å². The van der Waals surface area contributed by atoms with Crippen molar-refractivity contribution in [3.63, 3.8) is 0 Å². The molecule has 0 bridgehead atoms. The van der Waals surface area contributed by atoms with Crippen molar-refractivity contribution in [3.05, 3.63) is 11.6 Å². The zero-order chi connectivity index (χ0) is 21.3. The minimum Gasteiger partial charge on any atom is -0.411 e. The highest BCUT2D eigenvalue weighted by Gasteiger charge is 2.44. The molecule has 1 aliphatic carbocycles. The summed E-state index contributed by atoms with van der Waals surface area (Å²) in [5.41, 5.74) is 1.60. The second-order valence-corrected chi connectivity index (χ2v) is 21.4. The molecule has 0 unspecified atom stereocenters. The van der Waals surface area contributed by atoms with Gasteiger partial charge in [-0.2, -0.15) is 0 Å². The summed E-state index contributed by atoms with van der Waals surface area (Å²) in [6.45, 7) is 28.2. The van der Waals surface area contributed by atoms with Gasteiger partial charge in [0.05, 0.1) is 12.2 Å². The monoisotopic (exact) mass is 412 g/mol. The van der Waals surface area contributed by atoms with Gasteiger partial charge in [-0.05, 0) is 67.9 Å². The molecule has 0 radical (unpaired) electrons. The molecule has 2 nitrogen and oxygen atoms in total. The molecule has 0 N–H and O–H groups in total. The zero-order valence-corrected chi connectivity index (χ0v) is 22.5. The molecule has 0 aromatic heterocycles. The van der Waals surface area contributed by atoms with Gasteiger partial charge < -0.3 is 8.85 Å². The largest absolute Gasteiger partial charge is 0.411 e. The molecular weight excluding hydrogens is 364 g/mol. The van der Waals surface area contributed by atoms with Crippen LogP contribution in [0.3, 0.4) is 0 Å². The van der Waals surface area contributed by atoms with E-state index in [4.69, 9.17) is 8.85 Å². The van der Waals surface area contributed by atoms with Crippen LogP contribution in [-0.4, -0.2) is 28.8 Å². The quantitative estimate of drug-likeness (QED) is 0.337. The van der Waals surface area contributed by atoms with Crippen LogP contribution in [0.25, 0.3) is 0 Å². The van der Waals surface area contributed by atoms with Crippen molar-refractivity contribution in [2.75, 3.05) is 0 Å². The van der Waals surface area contributed by atoms with Gasteiger partial charge in [-0.25, -0.2) is 0 Å². The SMILES string of the molecule is CC(C)/C1=C/CC[C@@H](O[Si](C)(C)C(C)(C)C)[C@@H](O[Si](C)(C)C(C)(C)C)CC1. The van der Waals surface area contributed by atoms with Crippen LogP contribution >= 0.6 is 0 Å². The van der Waals surface area contributed by atoms with Crippen LogP contribution in [0.15, 0.2) is 11.6 Å². The Labute approximate surface area is 172 Å². The number of hydrogen-bond donors (Lipinski definition) is 0. The lowest BCUT2D eigenvalue weighted by Gasteiger charge is -2.45. The standard InChI is InChI=1S/C23H48O2Si2/c1-18(2)19-14-13-15-20(24-26(9,10)22(3,4)5)21(17-16-19)25-27(11,12)23(6,7)8/h14,18,20-21H,13,15-17H2,1-12H3/b19-14+/t20-,21+/m1/s1. The molecular formula is C23H48O2Si2. The molecule has 0 saturated carbocycles. The van der Waals surface area contributed by atoms with Crippen molar-refractivity contribution in [1.82, 2.24) is 0 Å². The third-order valence-electron chi connectivity index (χ3n) is 7.24. The lowest BCUT2D eigenvalue weighted by atomic mass is 9.90. The number of hydrogen-bond acceptors (Lipinski definition) is 2. The van der Waals surface area contributed by atoms with Gasteiger partial charge in [0.25, 0.3) is 0 Å². The maximum atomic E-state index is 6.99. The van der Waals surface area contributed by atoms with Crippen molar-refractivity contribution in [3.8, 4) is 0 Å². The highest BCUT2D eigenvalue weighted by molar-refractivity contribution is 6.74. The summed E-state index contributed by atoms with van der Waals surface area (Å²) in [6, 6.07) is 0. The van der Waals surface area contributed by atoms with Crippen molar-refractivity contribution in [2.24, 2.45) is 5.92 Å². The summed E-state index contributed by atoms with van der Waals surface area (Å²) in [4.78, 5) is 0. The third kappa shape index (κ3) is 6.83. The third-order valence-corrected chi connectivity index (χ3v) is 16.2. The van der Waals surface area contributed by atoms with Crippen LogP contribution < -0.4 is 0 Å². The van der Waals surface area contributed by atoms with Gasteiger partial charge in [-0.1, -0.05) is 67.0 Å². The molecule has 0 aliphatic heterocycles. The van der Waals surface area contributed by atoms with Gasteiger partial charge in [-0.3, -0.25) is 0 Å². The van der Waals surface area contributed by atoms with Gasteiger partial charge in [0.15, 0.2) is 16.6 Å². The molecule has 0 amide bonds. The van der Waals surface area contributed by atoms with Crippen molar-refractivity contribution >= 4 is 16.6 Å². The highest BCUT2D eigenvalue weighted by atomic mass is 28.4. The van der Waals surface area contributed by atoms with Crippen LogP contribution in [0.2, 0.25) is 36.3 Å². The summed E-state index contributed by atoms with van der Waals surface area (Å²) in [6.07, 6.45) is 7.37. The fourth-order valence-corrected chi connectivity index (χ4v) is 5.88.